The Balaban J connectivity index is 3.03. The normalized spacial score (nSPS) is 12.5. The molecule has 1 atom stereocenters. The van der Waals surface area contributed by atoms with E-state index in [4.69, 9.17) is 0 Å². The third-order valence-corrected chi connectivity index (χ3v) is 3.66. The Morgan fingerprint density at radius 2 is 2.17 bits per heavy atom. The lowest BCUT2D eigenvalue weighted by atomic mass is 10.1. The van der Waals surface area contributed by atoms with Gasteiger partial charge in [0.25, 0.3) is 0 Å². The molecule has 1 unspecified atom stereocenters. The molecule has 0 radical (unpaired) electrons. The third kappa shape index (κ3) is 3.95. The highest BCUT2D eigenvalue weighted by molar-refractivity contribution is 9.10. The Morgan fingerprint density at radius 3 is 2.72 bits per heavy atom. The van der Waals surface area contributed by atoms with Crippen LogP contribution in [0.2, 0.25) is 0 Å². The number of unbranched alkanes of at least 4 members (excludes halogenated alkanes) is 1. The number of aliphatic hydroxyl groups is 1. The largest absolute Gasteiger partial charge is 0.392 e. The third-order valence-electron chi connectivity index (χ3n) is 3.23. The maximum Gasteiger partial charge on any atom is 0.134 e. The molecule has 0 aliphatic carbocycles. The van der Waals surface area contributed by atoms with E-state index in [9.17, 15) is 5.11 Å². The highest BCUT2D eigenvalue weighted by Gasteiger charge is 2.17. The monoisotopic (exact) mass is 314 g/mol. The van der Waals surface area contributed by atoms with E-state index in [1.54, 1.807) is 6.20 Å². The first-order chi connectivity index (χ1) is 8.63. The molecule has 0 aliphatic rings. The lowest BCUT2D eigenvalue weighted by Gasteiger charge is -2.31. The molecule has 0 bridgehead atoms. The number of pyridine rings is 1. The molecule has 18 heavy (non-hydrogen) atoms. The van der Waals surface area contributed by atoms with Crippen molar-refractivity contribution in [3.8, 4) is 0 Å². The van der Waals surface area contributed by atoms with E-state index < -0.39 is 0 Å². The molecular weight excluding hydrogens is 292 g/mol. The molecule has 0 aliphatic heterocycles. The molecule has 102 valence electrons. The van der Waals surface area contributed by atoms with Gasteiger partial charge in [-0.2, -0.15) is 0 Å². The van der Waals surface area contributed by atoms with Crippen LogP contribution in [0.3, 0.4) is 0 Å². The second kappa shape index (κ2) is 7.74. The van der Waals surface area contributed by atoms with Gasteiger partial charge in [-0.3, -0.25) is 0 Å². The van der Waals surface area contributed by atoms with E-state index in [1.807, 2.05) is 6.07 Å². The zero-order valence-corrected chi connectivity index (χ0v) is 13.1. The van der Waals surface area contributed by atoms with Gasteiger partial charge in [0.15, 0.2) is 0 Å². The van der Waals surface area contributed by atoms with Crippen molar-refractivity contribution >= 4 is 21.7 Å². The molecule has 0 aromatic carbocycles. The Labute approximate surface area is 118 Å². The summed E-state index contributed by atoms with van der Waals surface area (Å²) in [6, 6.07) is 2.39. The molecule has 0 amide bonds. The van der Waals surface area contributed by atoms with Crippen molar-refractivity contribution in [1.82, 2.24) is 4.98 Å². The molecule has 0 saturated carbocycles. The predicted octanol–water partition coefficient (Wildman–Crippen LogP) is 3.74. The van der Waals surface area contributed by atoms with Crippen molar-refractivity contribution in [1.29, 1.82) is 0 Å². The summed E-state index contributed by atoms with van der Waals surface area (Å²) in [6.07, 6.45) is 5.19. The summed E-state index contributed by atoms with van der Waals surface area (Å²) < 4.78 is 0.912. The van der Waals surface area contributed by atoms with Crippen LogP contribution in [0, 0.1) is 0 Å². The minimum Gasteiger partial charge on any atom is -0.392 e. The molecule has 1 N–H and O–H groups in total. The standard InChI is InChI=1S/C14H23BrN2O/c1-4-6-7-17(11(3)5-2)14-12(10-18)8-13(15)9-16-14/h8-9,11,18H,4-7,10H2,1-3H3. The summed E-state index contributed by atoms with van der Waals surface area (Å²) in [5.41, 5.74) is 0.890. The van der Waals surface area contributed by atoms with E-state index in [-0.39, 0.29) is 6.61 Å². The van der Waals surface area contributed by atoms with Crippen molar-refractivity contribution in [2.75, 3.05) is 11.4 Å². The van der Waals surface area contributed by atoms with Gasteiger partial charge in [-0.15, -0.1) is 0 Å². The number of nitrogens with zero attached hydrogens (tertiary/aromatic N) is 2. The molecule has 3 nitrogen and oxygen atoms in total. The molecule has 1 heterocycles. The first kappa shape index (κ1) is 15.4. The van der Waals surface area contributed by atoms with Gasteiger partial charge in [-0.05, 0) is 41.8 Å². The summed E-state index contributed by atoms with van der Waals surface area (Å²) >= 11 is 3.40. The number of halogens is 1. The van der Waals surface area contributed by atoms with Crippen LogP contribution in [0.4, 0.5) is 5.82 Å². The van der Waals surface area contributed by atoms with Crippen LogP contribution < -0.4 is 4.90 Å². The van der Waals surface area contributed by atoms with Crippen molar-refractivity contribution in [2.24, 2.45) is 0 Å². The van der Waals surface area contributed by atoms with Crippen LogP contribution in [0.25, 0.3) is 0 Å². The van der Waals surface area contributed by atoms with Crippen LogP contribution in [-0.2, 0) is 6.61 Å². The smallest absolute Gasteiger partial charge is 0.134 e. The minimum absolute atomic E-state index is 0.0286. The predicted molar refractivity (Wildman–Crippen MR) is 79.9 cm³/mol. The van der Waals surface area contributed by atoms with Gasteiger partial charge in [-0.1, -0.05) is 20.3 Å². The second-order valence-electron chi connectivity index (χ2n) is 4.60. The van der Waals surface area contributed by atoms with Crippen molar-refractivity contribution in [2.45, 2.75) is 52.7 Å². The summed E-state index contributed by atoms with van der Waals surface area (Å²) in [4.78, 5) is 6.80. The van der Waals surface area contributed by atoms with Crippen molar-refractivity contribution < 1.29 is 5.11 Å². The fourth-order valence-electron chi connectivity index (χ4n) is 1.93. The fraction of sp³-hybridized carbons (Fsp3) is 0.643. The molecule has 0 saturated heterocycles. The number of rotatable bonds is 7. The number of aliphatic hydroxyl groups excluding tert-OH is 1. The topological polar surface area (TPSA) is 36.4 Å². The molecular formula is C14H23BrN2O. The first-order valence-corrected chi connectivity index (χ1v) is 7.45. The molecule has 0 spiro atoms. The van der Waals surface area contributed by atoms with E-state index in [0.717, 1.165) is 41.7 Å². The van der Waals surface area contributed by atoms with Gasteiger partial charge in [0.1, 0.15) is 5.82 Å². The van der Waals surface area contributed by atoms with Crippen molar-refractivity contribution in [3.63, 3.8) is 0 Å². The maximum atomic E-state index is 9.48. The lowest BCUT2D eigenvalue weighted by molar-refractivity contribution is 0.281. The number of aromatic nitrogens is 1. The SMILES string of the molecule is CCCCN(c1ncc(Br)cc1CO)C(C)CC. The van der Waals surface area contributed by atoms with Gasteiger partial charge in [0.2, 0.25) is 0 Å². The van der Waals surface area contributed by atoms with E-state index in [0.29, 0.717) is 6.04 Å². The molecule has 1 rings (SSSR count). The van der Waals surface area contributed by atoms with Crippen LogP contribution >= 0.6 is 15.9 Å². The van der Waals surface area contributed by atoms with E-state index in [2.05, 4.69) is 46.6 Å². The van der Waals surface area contributed by atoms with Gasteiger partial charge >= 0.3 is 0 Å². The van der Waals surface area contributed by atoms with E-state index in [1.165, 1.54) is 0 Å². The molecule has 1 aromatic rings. The second-order valence-corrected chi connectivity index (χ2v) is 5.51. The Kier molecular flexibility index (Phi) is 6.65. The summed E-state index contributed by atoms with van der Waals surface area (Å²) in [5, 5.41) is 9.48. The Bertz CT molecular complexity index is 371. The minimum atomic E-state index is 0.0286. The van der Waals surface area contributed by atoms with Gasteiger partial charge in [0.05, 0.1) is 6.61 Å². The highest BCUT2D eigenvalue weighted by Crippen LogP contribution is 2.24. The number of hydrogen-bond acceptors (Lipinski definition) is 3. The van der Waals surface area contributed by atoms with E-state index >= 15 is 0 Å². The zero-order chi connectivity index (χ0) is 13.5. The average molecular weight is 315 g/mol. The summed E-state index contributed by atoms with van der Waals surface area (Å²) in [5.74, 6) is 0.920. The van der Waals surface area contributed by atoms with Gasteiger partial charge in [-0.25, -0.2) is 4.98 Å². The average Bonchev–Trinajstić information content (AvgIpc) is 2.39. The lowest BCUT2D eigenvalue weighted by Crippen LogP contribution is -2.35. The van der Waals surface area contributed by atoms with Gasteiger partial charge < -0.3 is 10.0 Å². The Hall–Kier alpha value is -0.610. The van der Waals surface area contributed by atoms with Crippen LogP contribution in [0.5, 0.6) is 0 Å². The summed E-state index contributed by atoms with van der Waals surface area (Å²) in [7, 11) is 0. The highest BCUT2D eigenvalue weighted by atomic mass is 79.9. The summed E-state index contributed by atoms with van der Waals surface area (Å²) in [6.45, 7) is 7.60. The fourth-order valence-corrected chi connectivity index (χ4v) is 2.31. The zero-order valence-electron chi connectivity index (χ0n) is 11.5. The number of hydrogen-bond donors (Lipinski definition) is 1. The maximum absolute atomic E-state index is 9.48. The van der Waals surface area contributed by atoms with Crippen LogP contribution in [0.15, 0.2) is 16.7 Å². The number of anilines is 1. The van der Waals surface area contributed by atoms with Crippen LogP contribution in [0.1, 0.15) is 45.6 Å². The first-order valence-electron chi connectivity index (χ1n) is 6.65. The quantitative estimate of drug-likeness (QED) is 0.833. The van der Waals surface area contributed by atoms with Gasteiger partial charge in [0, 0.05) is 28.8 Å². The van der Waals surface area contributed by atoms with Crippen molar-refractivity contribution in [3.05, 3.63) is 22.3 Å². The Morgan fingerprint density at radius 1 is 1.44 bits per heavy atom. The molecule has 4 heteroatoms. The molecule has 0 fully saturated rings. The van der Waals surface area contributed by atoms with Crippen LogP contribution in [-0.4, -0.2) is 22.7 Å². The molecule has 1 aromatic heterocycles.